The summed E-state index contributed by atoms with van der Waals surface area (Å²) >= 11 is 5.72. The first-order chi connectivity index (χ1) is 11.2. The summed E-state index contributed by atoms with van der Waals surface area (Å²) in [4.78, 5) is 0. The van der Waals surface area contributed by atoms with Crippen molar-refractivity contribution in [3.05, 3.63) is 46.8 Å². The van der Waals surface area contributed by atoms with E-state index in [9.17, 15) is 4.39 Å². The largest absolute Gasteiger partial charge is 0.348 e. The fraction of sp³-hybridized carbons (Fsp3) is 0.579. The van der Waals surface area contributed by atoms with Crippen molar-refractivity contribution < 1.29 is 13.9 Å². The molecule has 2 fully saturated rings. The summed E-state index contributed by atoms with van der Waals surface area (Å²) in [6.07, 6.45) is 9.02. The number of hydrogen-bond acceptors (Lipinski definition) is 2. The summed E-state index contributed by atoms with van der Waals surface area (Å²) in [6, 6.07) is 4.71. The molecule has 1 saturated carbocycles. The molecule has 23 heavy (non-hydrogen) atoms. The molecule has 3 rings (SSSR count). The molecule has 0 spiro atoms. The van der Waals surface area contributed by atoms with Gasteiger partial charge in [-0.1, -0.05) is 29.8 Å². The van der Waals surface area contributed by atoms with Gasteiger partial charge in [0.25, 0.3) is 0 Å². The van der Waals surface area contributed by atoms with E-state index in [2.05, 4.69) is 19.1 Å². The third kappa shape index (κ3) is 4.14. The summed E-state index contributed by atoms with van der Waals surface area (Å²) in [6.45, 7) is 3.47. The third-order valence-corrected chi connectivity index (χ3v) is 5.39. The standard InChI is InChI=1S/C19H24ClFO2/c1-2-3-13-4-6-14(7-5-13)16-11-22-19(23-12-16)15-8-9-17(20)18(21)10-15/h2-3,8-10,13-14,16,19H,4-7,11-12H2,1H3/b3-2+/t13-,14-,16?,19?. The van der Waals surface area contributed by atoms with Gasteiger partial charge in [-0.25, -0.2) is 4.39 Å². The van der Waals surface area contributed by atoms with Gasteiger partial charge in [0.05, 0.1) is 18.2 Å². The average Bonchev–Trinajstić information content (AvgIpc) is 2.59. The van der Waals surface area contributed by atoms with Crippen molar-refractivity contribution in [1.82, 2.24) is 0 Å². The van der Waals surface area contributed by atoms with E-state index in [4.69, 9.17) is 21.1 Å². The number of ether oxygens (including phenoxy) is 2. The highest BCUT2D eigenvalue weighted by Crippen LogP contribution is 2.37. The van der Waals surface area contributed by atoms with Gasteiger partial charge < -0.3 is 9.47 Å². The van der Waals surface area contributed by atoms with Crippen molar-refractivity contribution in [2.24, 2.45) is 17.8 Å². The number of halogens is 2. The van der Waals surface area contributed by atoms with Crippen LogP contribution in [-0.4, -0.2) is 13.2 Å². The molecular weight excluding hydrogens is 315 g/mol. The van der Waals surface area contributed by atoms with Gasteiger partial charge in [-0.2, -0.15) is 0 Å². The molecule has 0 amide bonds. The van der Waals surface area contributed by atoms with Crippen LogP contribution in [0.15, 0.2) is 30.4 Å². The Balaban J connectivity index is 1.51. The van der Waals surface area contributed by atoms with E-state index in [0.717, 1.165) is 5.92 Å². The van der Waals surface area contributed by atoms with Gasteiger partial charge in [0.1, 0.15) is 5.82 Å². The highest BCUT2D eigenvalue weighted by Gasteiger charge is 2.32. The minimum absolute atomic E-state index is 0.125. The fourth-order valence-corrected chi connectivity index (χ4v) is 3.84. The highest BCUT2D eigenvalue weighted by atomic mass is 35.5. The lowest BCUT2D eigenvalue weighted by atomic mass is 9.76. The van der Waals surface area contributed by atoms with Gasteiger partial charge in [-0.3, -0.25) is 0 Å². The van der Waals surface area contributed by atoms with Crippen molar-refractivity contribution >= 4 is 11.6 Å². The monoisotopic (exact) mass is 338 g/mol. The first kappa shape index (κ1) is 16.9. The van der Waals surface area contributed by atoms with E-state index in [-0.39, 0.29) is 5.02 Å². The smallest absolute Gasteiger partial charge is 0.183 e. The Morgan fingerprint density at radius 1 is 1.09 bits per heavy atom. The molecule has 0 N–H and O–H groups in total. The second-order valence-corrected chi connectivity index (χ2v) is 7.04. The number of benzene rings is 1. The normalized spacial score (nSPS) is 32.3. The molecule has 0 unspecified atom stereocenters. The summed E-state index contributed by atoms with van der Waals surface area (Å²) < 4.78 is 25.3. The Kier molecular flexibility index (Phi) is 5.73. The predicted molar refractivity (Wildman–Crippen MR) is 89.8 cm³/mol. The molecule has 1 saturated heterocycles. The third-order valence-electron chi connectivity index (χ3n) is 5.09. The summed E-state index contributed by atoms with van der Waals surface area (Å²) in [5.74, 6) is 1.45. The summed E-state index contributed by atoms with van der Waals surface area (Å²) in [5, 5.41) is 0.125. The van der Waals surface area contributed by atoms with Crippen molar-refractivity contribution in [3.8, 4) is 0 Å². The lowest BCUT2D eigenvalue weighted by Crippen LogP contribution is -2.34. The minimum atomic E-state index is -0.475. The molecular formula is C19H24ClFO2. The first-order valence-corrected chi connectivity index (χ1v) is 8.86. The minimum Gasteiger partial charge on any atom is -0.348 e. The second-order valence-electron chi connectivity index (χ2n) is 6.63. The Morgan fingerprint density at radius 2 is 1.78 bits per heavy atom. The Hall–Kier alpha value is -0.900. The van der Waals surface area contributed by atoms with Crippen LogP contribution in [0.3, 0.4) is 0 Å². The van der Waals surface area contributed by atoms with Gasteiger partial charge in [-0.15, -0.1) is 0 Å². The molecule has 2 nitrogen and oxygen atoms in total. The van der Waals surface area contributed by atoms with Gasteiger partial charge in [0.15, 0.2) is 6.29 Å². The van der Waals surface area contributed by atoms with Crippen LogP contribution in [0.25, 0.3) is 0 Å². The molecule has 1 aromatic rings. The predicted octanol–water partition coefficient (Wildman–Crippen LogP) is 5.52. The van der Waals surface area contributed by atoms with E-state index >= 15 is 0 Å². The van der Waals surface area contributed by atoms with Crippen LogP contribution in [0, 0.1) is 23.6 Å². The van der Waals surface area contributed by atoms with Crippen LogP contribution in [0.1, 0.15) is 44.5 Å². The van der Waals surface area contributed by atoms with Crippen LogP contribution in [-0.2, 0) is 9.47 Å². The Labute approximate surface area is 142 Å². The SMILES string of the molecule is C/C=C/[C@H]1CC[C@H](C2COC(c3ccc(Cl)c(F)c3)OC2)CC1. The van der Waals surface area contributed by atoms with Crippen LogP contribution in [0.4, 0.5) is 4.39 Å². The maximum atomic E-state index is 13.6. The molecule has 0 bridgehead atoms. The summed E-state index contributed by atoms with van der Waals surface area (Å²) in [5.41, 5.74) is 0.696. The molecule has 0 radical (unpaired) electrons. The zero-order valence-electron chi connectivity index (χ0n) is 13.5. The molecule has 4 heteroatoms. The van der Waals surface area contributed by atoms with Crippen molar-refractivity contribution in [2.45, 2.75) is 38.9 Å². The molecule has 2 aliphatic rings. The maximum Gasteiger partial charge on any atom is 0.183 e. The van der Waals surface area contributed by atoms with E-state index in [1.54, 1.807) is 12.1 Å². The van der Waals surface area contributed by atoms with Crippen LogP contribution in [0.2, 0.25) is 5.02 Å². The van der Waals surface area contributed by atoms with E-state index in [1.807, 2.05) is 0 Å². The van der Waals surface area contributed by atoms with Gasteiger partial charge >= 0.3 is 0 Å². The second kappa shape index (κ2) is 7.78. The number of allylic oxidation sites excluding steroid dienone is 2. The van der Waals surface area contributed by atoms with Gasteiger partial charge in [0, 0.05) is 11.5 Å². The van der Waals surface area contributed by atoms with Crippen LogP contribution >= 0.6 is 11.6 Å². The first-order valence-electron chi connectivity index (χ1n) is 8.48. The Morgan fingerprint density at radius 3 is 2.39 bits per heavy atom. The van der Waals surface area contributed by atoms with Crippen molar-refractivity contribution in [3.63, 3.8) is 0 Å². The van der Waals surface area contributed by atoms with E-state index in [0.29, 0.717) is 30.6 Å². The Bertz CT molecular complexity index is 544. The number of hydrogen-bond donors (Lipinski definition) is 0. The summed E-state index contributed by atoms with van der Waals surface area (Å²) in [7, 11) is 0. The number of rotatable bonds is 3. The fourth-order valence-electron chi connectivity index (χ4n) is 3.72. The van der Waals surface area contributed by atoms with E-state index in [1.165, 1.54) is 31.7 Å². The lowest BCUT2D eigenvalue weighted by molar-refractivity contribution is -0.214. The maximum absolute atomic E-state index is 13.6. The molecule has 1 aromatic carbocycles. The zero-order valence-corrected chi connectivity index (χ0v) is 14.3. The lowest BCUT2D eigenvalue weighted by Gasteiger charge is -2.37. The quantitative estimate of drug-likeness (QED) is 0.675. The van der Waals surface area contributed by atoms with Crippen LogP contribution < -0.4 is 0 Å². The topological polar surface area (TPSA) is 18.5 Å². The van der Waals surface area contributed by atoms with Gasteiger partial charge in [-0.05, 0) is 56.6 Å². The van der Waals surface area contributed by atoms with Crippen molar-refractivity contribution in [2.75, 3.05) is 13.2 Å². The van der Waals surface area contributed by atoms with Gasteiger partial charge in [0.2, 0.25) is 0 Å². The van der Waals surface area contributed by atoms with Crippen LogP contribution in [0.5, 0.6) is 0 Å². The molecule has 0 aromatic heterocycles. The average molecular weight is 339 g/mol. The highest BCUT2D eigenvalue weighted by molar-refractivity contribution is 6.30. The molecule has 0 atom stereocenters. The van der Waals surface area contributed by atoms with Crippen molar-refractivity contribution in [1.29, 1.82) is 0 Å². The van der Waals surface area contributed by atoms with E-state index < -0.39 is 12.1 Å². The molecule has 1 aliphatic heterocycles. The zero-order chi connectivity index (χ0) is 16.2. The molecule has 1 aliphatic carbocycles. The molecule has 1 heterocycles. The molecule has 126 valence electrons.